The normalized spacial score (nSPS) is 21.7. The van der Waals surface area contributed by atoms with Gasteiger partial charge in [-0.2, -0.15) is 0 Å². The molecule has 36 heavy (non-hydrogen) atoms. The predicted molar refractivity (Wildman–Crippen MR) is 140 cm³/mol. The van der Waals surface area contributed by atoms with Crippen molar-refractivity contribution in [1.29, 1.82) is 0 Å². The average molecular weight is 498 g/mol. The van der Waals surface area contributed by atoms with Crippen LogP contribution in [-0.2, 0) is 11.3 Å². The van der Waals surface area contributed by atoms with Crippen LogP contribution in [0.4, 0.5) is 10.5 Å². The minimum Gasteiger partial charge on any atom is -0.491 e. The molecule has 196 valence electrons. The number of likely N-dealkylation sites (N-methyl/N-ethyl adjacent to an activating group) is 1. The van der Waals surface area contributed by atoms with Gasteiger partial charge >= 0.3 is 6.03 Å². The lowest BCUT2D eigenvalue weighted by Crippen LogP contribution is -2.46. The fourth-order valence-corrected chi connectivity index (χ4v) is 4.27. The molecule has 0 spiro atoms. The highest BCUT2D eigenvalue weighted by Crippen LogP contribution is 2.27. The van der Waals surface area contributed by atoms with Crippen LogP contribution in [0.5, 0.6) is 5.75 Å². The number of nitrogens with zero attached hydrogens (tertiary/aromatic N) is 3. The van der Waals surface area contributed by atoms with Crippen LogP contribution in [0.1, 0.15) is 43.7 Å². The number of pyridine rings is 1. The van der Waals surface area contributed by atoms with Crippen molar-refractivity contribution in [2.75, 3.05) is 39.2 Å². The molecule has 0 bridgehead atoms. The van der Waals surface area contributed by atoms with Crippen LogP contribution in [0.15, 0.2) is 42.6 Å². The fourth-order valence-electron chi connectivity index (χ4n) is 4.27. The second kappa shape index (κ2) is 12.7. The molecule has 0 saturated carbocycles. The topological polar surface area (TPSA) is 96.0 Å². The SMILES string of the molecule is CO[C@@H]1CN(C)C(=O)c2ccc(NC(=O)NC(C)C)cc2OC[C@@H](C)N(Cc2ccccn2)C[C@@H]1C. The highest BCUT2D eigenvalue weighted by molar-refractivity contribution is 5.98. The molecule has 2 N–H and O–H groups in total. The summed E-state index contributed by atoms with van der Waals surface area (Å²) >= 11 is 0. The zero-order valence-corrected chi connectivity index (χ0v) is 22.2. The Kier molecular flexibility index (Phi) is 9.66. The number of aromatic nitrogens is 1. The molecule has 3 amide bonds. The van der Waals surface area contributed by atoms with Crippen molar-refractivity contribution in [3.63, 3.8) is 0 Å². The molecular formula is C27H39N5O4. The third-order valence-corrected chi connectivity index (χ3v) is 6.34. The lowest BCUT2D eigenvalue weighted by molar-refractivity contribution is 0.00901. The lowest BCUT2D eigenvalue weighted by atomic mass is 10.0. The maximum Gasteiger partial charge on any atom is 0.319 e. The molecule has 3 rings (SSSR count). The average Bonchev–Trinajstić information content (AvgIpc) is 2.84. The Morgan fingerprint density at radius 1 is 1.22 bits per heavy atom. The van der Waals surface area contributed by atoms with Gasteiger partial charge in [0.25, 0.3) is 5.91 Å². The summed E-state index contributed by atoms with van der Waals surface area (Å²) in [6.45, 7) is 10.3. The summed E-state index contributed by atoms with van der Waals surface area (Å²) in [6, 6.07) is 10.8. The van der Waals surface area contributed by atoms with Gasteiger partial charge in [0.15, 0.2) is 0 Å². The molecule has 0 aliphatic carbocycles. The quantitative estimate of drug-likeness (QED) is 0.655. The molecule has 1 aliphatic rings. The molecule has 0 unspecified atom stereocenters. The molecule has 9 heteroatoms. The molecule has 1 aromatic heterocycles. The number of fused-ring (bicyclic) bond motifs is 1. The molecule has 3 atom stereocenters. The Balaban J connectivity index is 1.91. The monoisotopic (exact) mass is 497 g/mol. The highest BCUT2D eigenvalue weighted by atomic mass is 16.5. The van der Waals surface area contributed by atoms with E-state index in [2.05, 4.69) is 34.4 Å². The molecule has 0 fully saturated rings. The third-order valence-electron chi connectivity index (χ3n) is 6.34. The van der Waals surface area contributed by atoms with Crippen molar-refractivity contribution in [3.05, 3.63) is 53.9 Å². The predicted octanol–water partition coefficient (Wildman–Crippen LogP) is 3.62. The standard InChI is InChI=1S/C27H39N5O4/c1-18(2)29-27(34)30-21-10-11-23-24(13-21)36-17-20(4)32(15-22-9-7-8-12-28-22)14-19(3)25(35-6)16-31(5)26(23)33/h7-13,18-20,25H,14-17H2,1-6H3,(H2,29,30,34)/t19-,20+,25+/m0/s1. The van der Waals surface area contributed by atoms with E-state index in [1.165, 1.54) is 0 Å². The summed E-state index contributed by atoms with van der Waals surface area (Å²) in [5.41, 5.74) is 1.97. The molecule has 1 aliphatic heterocycles. The minimum atomic E-state index is -0.312. The summed E-state index contributed by atoms with van der Waals surface area (Å²) in [5.74, 6) is 0.443. The van der Waals surface area contributed by atoms with Crippen molar-refractivity contribution in [3.8, 4) is 5.75 Å². The number of urea groups is 1. The number of nitrogens with one attached hydrogen (secondary N) is 2. The number of anilines is 1. The van der Waals surface area contributed by atoms with E-state index in [-0.39, 0.29) is 36.0 Å². The number of amides is 3. The first-order valence-corrected chi connectivity index (χ1v) is 12.4. The number of hydrogen-bond acceptors (Lipinski definition) is 6. The van der Waals surface area contributed by atoms with Crippen molar-refractivity contribution in [2.45, 2.75) is 52.4 Å². The van der Waals surface area contributed by atoms with Gasteiger partial charge in [-0.1, -0.05) is 13.0 Å². The van der Waals surface area contributed by atoms with Gasteiger partial charge in [-0.25, -0.2) is 4.79 Å². The minimum absolute atomic E-state index is 0.00261. The largest absolute Gasteiger partial charge is 0.491 e. The van der Waals surface area contributed by atoms with E-state index in [0.29, 0.717) is 36.7 Å². The molecular weight excluding hydrogens is 458 g/mol. The summed E-state index contributed by atoms with van der Waals surface area (Å²) in [4.78, 5) is 34.1. The summed E-state index contributed by atoms with van der Waals surface area (Å²) < 4.78 is 12.1. The Morgan fingerprint density at radius 2 is 2.00 bits per heavy atom. The lowest BCUT2D eigenvalue weighted by Gasteiger charge is -2.35. The van der Waals surface area contributed by atoms with E-state index in [1.807, 2.05) is 32.0 Å². The maximum atomic E-state index is 13.4. The molecule has 2 heterocycles. The van der Waals surface area contributed by atoms with Crippen LogP contribution < -0.4 is 15.4 Å². The third kappa shape index (κ3) is 7.41. The fraction of sp³-hybridized carbons (Fsp3) is 0.519. The first-order chi connectivity index (χ1) is 17.2. The van der Waals surface area contributed by atoms with Crippen molar-refractivity contribution < 1.29 is 19.1 Å². The molecule has 9 nitrogen and oxygen atoms in total. The zero-order chi connectivity index (χ0) is 26.2. The van der Waals surface area contributed by atoms with Crippen LogP contribution >= 0.6 is 0 Å². The van der Waals surface area contributed by atoms with Gasteiger partial charge in [0, 0.05) is 63.8 Å². The van der Waals surface area contributed by atoms with Crippen LogP contribution in [0.2, 0.25) is 0 Å². The van der Waals surface area contributed by atoms with Crippen LogP contribution in [0.25, 0.3) is 0 Å². The Bertz CT molecular complexity index is 1020. The van der Waals surface area contributed by atoms with E-state index < -0.39 is 0 Å². The van der Waals surface area contributed by atoms with Gasteiger partial charge in [-0.3, -0.25) is 14.7 Å². The number of carbonyl (C=O) groups is 2. The van der Waals surface area contributed by atoms with Gasteiger partial charge in [0.05, 0.1) is 17.4 Å². The van der Waals surface area contributed by atoms with E-state index in [0.717, 1.165) is 12.2 Å². The first-order valence-electron chi connectivity index (χ1n) is 12.4. The summed E-state index contributed by atoms with van der Waals surface area (Å²) in [5, 5.41) is 5.62. The van der Waals surface area contributed by atoms with E-state index in [4.69, 9.17) is 9.47 Å². The maximum absolute atomic E-state index is 13.4. The molecule has 0 radical (unpaired) electrons. The van der Waals surface area contributed by atoms with Crippen molar-refractivity contribution in [2.24, 2.45) is 5.92 Å². The second-order valence-corrected chi connectivity index (χ2v) is 9.81. The zero-order valence-electron chi connectivity index (χ0n) is 22.2. The van der Waals surface area contributed by atoms with Crippen LogP contribution in [0.3, 0.4) is 0 Å². The number of hydrogen-bond donors (Lipinski definition) is 2. The number of rotatable bonds is 5. The van der Waals surface area contributed by atoms with Crippen LogP contribution in [0, 0.1) is 5.92 Å². The van der Waals surface area contributed by atoms with Gasteiger partial charge in [-0.15, -0.1) is 0 Å². The number of benzene rings is 1. The van der Waals surface area contributed by atoms with Gasteiger partial charge in [0.1, 0.15) is 12.4 Å². The first kappa shape index (κ1) is 27.4. The number of ether oxygens (including phenoxy) is 2. The second-order valence-electron chi connectivity index (χ2n) is 9.81. The number of methoxy groups -OCH3 is 1. The van der Waals surface area contributed by atoms with Gasteiger partial charge in [-0.05, 0) is 51.0 Å². The van der Waals surface area contributed by atoms with E-state index in [1.54, 1.807) is 43.5 Å². The Morgan fingerprint density at radius 3 is 2.67 bits per heavy atom. The molecule has 1 aromatic carbocycles. The Labute approximate surface area is 214 Å². The molecule has 0 saturated heterocycles. The smallest absolute Gasteiger partial charge is 0.319 e. The highest BCUT2D eigenvalue weighted by Gasteiger charge is 2.28. The Hall–Kier alpha value is -3.17. The van der Waals surface area contributed by atoms with E-state index >= 15 is 0 Å². The van der Waals surface area contributed by atoms with Gasteiger partial charge in [0.2, 0.25) is 0 Å². The van der Waals surface area contributed by atoms with Crippen LogP contribution in [-0.4, -0.2) is 78.8 Å². The number of carbonyl (C=O) groups excluding carboxylic acids is 2. The van der Waals surface area contributed by atoms with Crippen molar-refractivity contribution >= 4 is 17.6 Å². The summed E-state index contributed by atoms with van der Waals surface area (Å²) in [7, 11) is 3.46. The molecule has 2 aromatic rings. The van der Waals surface area contributed by atoms with E-state index in [9.17, 15) is 9.59 Å². The van der Waals surface area contributed by atoms with Crippen molar-refractivity contribution in [1.82, 2.24) is 20.1 Å². The summed E-state index contributed by atoms with van der Waals surface area (Å²) in [6.07, 6.45) is 1.66. The van der Waals surface area contributed by atoms with Gasteiger partial charge < -0.3 is 25.0 Å².